The summed E-state index contributed by atoms with van der Waals surface area (Å²) in [6, 6.07) is 5.92. The molecule has 1 fully saturated rings. The van der Waals surface area contributed by atoms with Gasteiger partial charge in [0.25, 0.3) is 6.43 Å². The lowest BCUT2D eigenvalue weighted by atomic mass is 9.37. The van der Waals surface area contributed by atoms with Crippen LogP contribution in [0.3, 0.4) is 0 Å². The number of allylic oxidation sites excluding steroid dienone is 7. The van der Waals surface area contributed by atoms with Crippen LogP contribution in [0, 0.1) is 5.41 Å². The topological polar surface area (TPSA) is 63.6 Å². The summed E-state index contributed by atoms with van der Waals surface area (Å²) in [5, 5.41) is 0.807. The Labute approximate surface area is 265 Å². The number of nitrogens with zero attached hydrogens (tertiary/aromatic N) is 2. The molecule has 0 aromatic carbocycles. The molecular weight excluding hydrogens is 563 g/mol. The lowest BCUT2D eigenvalue weighted by molar-refractivity contribution is -0.115. The van der Waals surface area contributed by atoms with Crippen molar-refractivity contribution in [1.29, 1.82) is 0 Å². The normalized spacial score (nSPS) is 15.9. The van der Waals surface area contributed by atoms with Crippen molar-refractivity contribution in [3.05, 3.63) is 64.5 Å². The zero-order valence-electron chi connectivity index (χ0n) is 28.3. The molecule has 240 valence electrons. The molecule has 3 rings (SSSR count). The Morgan fingerprint density at radius 2 is 1.77 bits per heavy atom. The maximum Gasteiger partial charge on any atom is 0.265 e. The molecule has 0 atom stereocenters. The van der Waals surface area contributed by atoms with Gasteiger partial charge in [0.15, 0.2) is 6.71 Å². The molecule has 0 unspecified atom stereocenters. The molecule has 0 radical (unpaired) electrons. The van der Waals surface area contributed by atoms with E-state index in [-0.39, 0.29) is 11.0 Å². The van der Waals surface area contributed by atoms with Gasteiger partial charge in [-0.1, -0.05) is 62.8 Å². The number of hydrogen-bond acceptors (Lipinski definition) is 6. The number of alkyl halides is 2. The van der Waals surface area contributed by atoms with Gasteiger partial charge in [-0.15, -0.1) is 0 Å². The van der Waals surface area contributed by atoms with Crippen molar-refractivity contribution in [2.45, 2.75) is 113 Å². The standard InChI is InChI=1S/C20H24BF2N3OS.C9H16.C3H8O.C2H6/c1-14-15(19(22)23)5-3-7-17(24-14)26-28-18-8-4-6-16(25-18)21-11-9-20(2,13-27)10-12-21;1-6-8(4)9(5)7(2)3;1-3-4-2;1-2/h4-8,13,19,26H,3,9-12H2,1-2H3;6H,1-5H3;3H2,1-2H3;1-2H3/b;8-6-;;. The Hall–Kier alpha value is -2.52. The first-order chi connectivity index (χ1) is 20.4. The minimum atomic E-state index is -2.51. The molecule has 43 heavy (non-hydrogen) atoms. The van der Waals surface area contributed by atoms with Gasteiger partial charge in [0, 0.05) is 48.0 Å². The third kappa shape index (κ3) is 15.2. The SMILES string of the molecule is C/C=C(/C)C(C)=C(C)C.CC.CC1=NC(NSc2cccc(B3CCC(C)(C=O)CC3)n2)=CCC=C1C(F)F.CCOC. The first-order valence-corrected chi connectivity index (χ1v) is 16.1. The van der Waals surface area contributed by atoms with Gasteiger partial charge in [0.1, 0.15) is 17.1 Å². The number of aromatic nitrogens is 1. The van der Waals surface area contributed by atoms with E-state index in [1.54, 1.807) is 20.1 Å². The van der Waals surface area contributed by atoms with Crippen LogP contribution in [0.2, 0.25) is 12.6 Å². The highest BCUT2D eigenvalue weighted by Crippen LogP contribution is 2.34. The average molecular weight is 618 g/mol. The van der Waals surface area contributed by atoms with Gasteiger partial charge >= 0.3 is 0 Å². The predicted molar refractivity (Wildman–Crippen MR) is 184 cm³/mol. The molecule has 0 bridgehead atoms. The molecule has 0 amide bonds. The molecule has 2 aliphatic rings. The number of halogens is 2. The Morgan fingerprint density at radius 1 is 1.16 bits per heavy atom. The summed E-state index contributed by atoms with van der Waals surface area (Å²) >= 11 is 1.33. The molecule has 1 saturated heterocycles. The van der Waals surface area contributed by atoms with Crippen LogP contribution in [0.4, 0.5) is 8.78 Å². The van der Waals surface area contributed by atoms with E-state index in [0.29, 0.717) is 24.7 Å². The van der Waals surface area contributed by atoms with Crippen LogP contribution in [-0.2, 0) is 9.53 Å². The van der Waals surface area contributed by atoms with Crippen LogP contribution < -0.4 is 10.3 Å². The minimum Gasteiger partial charge on any atom is -0.385 e. The van der Waals surface area contributed by atoms with E-state index in [1.807, 2.05) is 45.9 Å². The second kappa shape index (κ2) is 22.1. The summed E-state index contributed by atoms with van der Waals surface area (Å²) in [4.78, 5) is 20.2. The van der Waals surface area contributed by atoms with Crippen molar-refractivity contribution in [3.8, 4) is 0 Å². The first kappa shape index (κ1) is 40.5. The molecule has 5 nitrogen and oxygen atoms in total. The van der Waals surface area contributed by atoms with E-state index in [2.05, 4.69) is 55.1 Å². The van der Waals surface area contributed by atoms with Crippen LogP contribution in [0.25, 0.3) is 0 Å². The highest BCUT2D eigenvalue weighted by Gasteiger charge is 2.33. The summed E-state index contributed by atoms with van der Waals surface area (Å²) < 4.78 is 33.7. The van der Waals surface area contributed by atoms with Gasteiger partial charge in [-0.3, -0.25) is 4.98 Å². The first-order valence-electron chi connectivity index (χ1n) is 15.3. The van der Waals surface area contributed by atoms with E-state index in [4.69, 9.17) is 4.98 Å². The van der Waals surface area contributed by atoms with Crippen molar-refractivity contribution in [3.63, 3.8) is 0 Å². The van der Waals surface area contributed by atoms with E-state index >= 15 is 0 Å². The van der Waals surface area contributed by atoms with Crippen molar-refractivity contribution in [2.24, 2.45) is 10.4 Å². The van der Waals surface area contributed by atoms with E-state index < -0.39 is 6.43 Å². The fourth-order valence-corrected chi connectivity index (χ4v) is 4.80. The van der Waals surface area contributed by atoms with Crippen LogP contribution in [0.1, 0.15) is 88.5 Å². The third-order valence-electron chi connectivity index (χ3n) is 7.49. The monoisotopic (exact) mass is 617 g/mol. The molecule has 9 heteroatoms. The highest BCUT2D eigenvalue weighted by atomic mass is 32.2. The van der Waals surface area contributed by atoms with Crippen LogP contribution in [0.15, 0.2) is 74.6 Å². The van der Waals surface area contributed by atoms with Gasteiger partial charge in [-0.25, -0.2) is 13.8 Å². The van der Waals surface area contributed by atoms with E-state index in [1.165, 1.54) is 34.7 Å². The number of carbonyl (C=O) groups excluding carboxylic acids is 1. The summed E-state index contributed by atoms with van der Waals surface area (Å²) in [6.45, 7) is 21.4. The summed E-state index contributed by atoms with van der Waals surface area (Å²) in [6.07, 6.45) is 8.12. The lowest BCUT2D eigenvalue weighted by Crippen LogP contribution is -2.39. The molecular formula is C34H54BF2N3O2S. The Kier molecular flexibility index (Phi) is 20.8. The number of aldehydes is 1. The summed E-state index contributed by atoms with van der Waals surface area (Å²) in [5.41, 5.74) is 5.36. The number of methoxy groups -OCH3 is 1. The smallest absolute Gasteiger partial charge is 0.265 e. The number of hydrogen-bond donors (Lipinski definition) is 1. The summed E-state index contributed by atoms with van der Waals surface area (Å²) in [5.74, 6) is 0.556. The van der Waals surface area contributed by atoms with E-state index in [9.17, 15) is 13.6 Å². The largest absolute Gasteiger partial charge is 0.385 e. The highest BCUT2D eigenvalue weighted by molar-refractivity contribution is 7.97. The van der Waals surface area contributed by atoms with Crippen molar-refractivity contribution in [1.82, 2.24) is 9.71 Å². The van der Waals surface area contributed by atoms with E-state index in [0.717, 1.165) is 49.0 Å². The number of rotatable bonds is 8. The van der Waals surface area contributed by atoms with Crippen molar-refractivity contribution < 1.29 is 18.3 Å². The average Bonchev–Trinajstić information content (AvgIpc) is 3.22. The molecule has 1 N–H and O–H groups in total. The van der Waals surface area contributed by atoms with Gasteiger partial charge in [0.2, 0.25) is 0 Å². The molecule has 1 aromatic heterocycles. The Bertz CT molecular complexity index is 1130. The Morgan fingerprint density at radius 3 is 2.23 bits per heavy atom. The zero-order valence-corrected chi connectivity index (χ0v) is 29.1. The molecule has 0 spiro atoms. The number of carbonyl (C=O) groups is 1. The van der Waals surface area contributed by atoms with Crippen LogP contribution in [0.5, 0.6) is 0 Å². The maximum absolute atomic E-state index is 13.0. The number of pyridine rings is 1. The number of aliphatic imine (C=N–C) groups is 1. The Balaban J connectivity index is 0.000000981. The fourth-order valence-electron chi connectivity index (χ4n) is 4.17. The van der Waals surface area contributed by atoms with Crippen molar-refractivity contribution in [2.75, 3.05) is 13.7 Å². The molecule has 0 saturated carbocycles. The predicted octanol–water partition coefficient (Wildman–Crippen LogP) is 9.26. The van der Waals surface area contributed by atoms with Crippen LogP contribution in [-0.4, -0.2) is 43.8 Å². The second-order valence-corrected chi connectivity index (χ2v) is 11.6. The fraction of sp³-hybridized carbons (Fsp3) is 0.559. The molecule has 2 aliphatic heterocycles. The number of ether oxygens (including phenoxy) is 1. The number of nitrogens with one attached hydrogen (secondary N) is 1. The molecule has 1 aromatic rings. The third-order valence-corrected chi connectivity index (χ3v) is 8.24. The van der Waals surface area contributed by atoms with Gasteiger partial charge in [-0.05, 0) is 91.5 Å². The quantitative estimate of drug-likeness (QED) is 0.136. The lowest BCUT2D eigenvalue weighted by Gasteiger charge is -2.31. The molecule has 0 aliphatic carbocycles. The van der Waals surface area contributed by atoms with Crippen LogP contribution >= 0.6 is 11.9 Å². The minimum absolute atomic E-state index is 0.0159. The van der Waals surface area contributed by atoms with Crippen molar-refractivity contribution >= 4 is 36.3 Å². The van der Waals surface area contributed by atoms with Gasteiger partial charge in [0.05, 0.1) is 0 Å². The second-order valence-electron chi connectivity index (χ2n) is 10.8. The zero-order chi connectivity index (χ0) is 33.0. The van der Waals surface area contributed by atoms with Gasteiger partial charge in [-0.2, -0.15) is 0 Å². The summed E-state index contributed by atoms with van der Waals surface area (Å²) in [7, 11) is 1.68. The van der Waals surface area contributed by atoms with Gasteiger partial charge < -0.3 is 14.3 Å². The molecule has 3 heterocycles. The maximum atomic E-state index is 13.0.